The molecule has 2 rings (SSSR count). The van der Waals surface area contributed by atoms with Crippen LogP contribution in [-0.4, -0.2) is 27.9 Å². The van der Waals surface area contributed by atoms with E-state index < -0.39 is 23.3 Å². The first kappa shape index (κ1) is 19.4. The molecule has 1 heterocycles. The van der Waals surface area contributed by atoms with Crippen LogP contribution in [0.4, 0.5) is 0 Å². The number of carboxylic acids is 2. The van der Waals surface area contributed by atoms with Crippen molar-refractivity contribution in [2.45, 2.75) is 32.6 Å². The molecule has 1 aromatic rings. The SMILES string of the molecule is C=C1CC[C@@H](C(=O)O)[C@](C)(CC(=O)c2ccoc2)C/C=C\C=C1C(=O)O. The number of carbonyl (C=O) groups excluding carboxylic acids is 1. The first-order valence-electron chi connectivity index (χ1n) is 8.31. The lowest BCUT2D eigenvalue weighted by Crippen LogP contribution is -2.35. The molecule has 6 heteroatoms. The zero-order chi connectivity index (χ0) is 19.3. The molecular formula is C20H22O6. The summed E-state index contributed by atoms with van der Waals surface area (Å²) in [5.74, 6) is -3.09. The Kier molecular flexibility index (Phi) is 5.97. The maximum atomic E-state index is 12.5. The second kappa shape index (κ2) is 7.99. The van der Waals surface area contributed by atoms with Crippen LogP contribution in [-0.2, 0) is 9.59 Å². The van der Waals surface area contributed by atoms with Gasteiger partial charge in [0.05, 0.1) is 23.3 Å². The van der Waals surface area contributed by atoms with Crippen LogP contribution in [0.1, 0.15) is 43.0 Å². The van der Waals surface area contributed by atoms with Gasteiger partial charge in [-0.3, -0.25) is 9.59 Å². The molecule has 0 unspecified atom stereocenters. The molecule has 6 nitrogen and oxygen atoms in total. The Balaban J connectivity index is 2.35. The molecule has 2 atom stereocenters. The summed E-state index contributed by atoms with van der Waals surface area (Å²) in [6.07, 6.45) is 8.34. The fourth-order valence-corrected chi connectivity index (χ4v) is 3.29. The number of carbonyl (C=O) groups is 3. The molecule has 0 fully saturated rings. The van der Waals surface area contributed by atoms with Gasteiger partial charge in [0.15, 0.2) is 5.78 Å². The summed E-state index contributed by atoms with van der Waals surface area (Å²) in [4.78, 5) is 35.7. The van der Waals surface area contributed by atoms with E-state index in [1.54, 1.807) is 25.1 Å². The van der Waals surface area contributed by atoms with Crippen LogP contribution < -0.4 is 0 Å². The molecular weight excluding hydrogens is 336 g/mol. The Morgan fingerprint density at radius 1 is 1.35 bits per heavy atom. The molecule has 1 aliphatic carbocycles. The third-order valence-corrected chi connectivity index (χ3v) is 4.88. The van der Waals surface area contributed by atoms with Crippen molar-refractivity contribution in [2.24, 2.45) is 11.3 Å². The number of rotatable bonds is 5. The van der Waals surface area contributed by atoms with Gasteiger partial charge in [0.2, 0.25) is 0 Å². The third kappa shape index (κ3) is 4.39. The number of allylic oxidation sites excluding steroid dienone is 3. The highest BCUT2D eigenvalue weighted by atomic mass is 16.4. The minimum absolute atomic E-state index is 0.0514. The van der Waals surface area contributed by atoms with Gasteiger partial charge in [-0.2, -0.15) is 0 Å². The second-order valence-corrected chi connectivity index (χ2v) is 6.82. The van der Waals surface area contributed by atoms with E-state index in [2.05, 4.69) is 6.58 Å². The van der Waals surface area contributed by atoms with Crippen molar-refractivity contribution in [3.8, 4) is 0 Å². The predicted molar refractivity (Wildman–Crippen MR) is 94.7 cm³/mol. The van der Waals surface area contributed by atoms with Crippen molar-refractivity contribution in [3.05, 3.63) is 60.1 Å². The first-order chi connectivity index (χ1) is 12.2. The van der Waals surface area contributed by atoms with Crippen LogP contribution >= 0.6 is 0 Å². The molecule has 0 radical (unpaired) electrons. The number of hydrogen-bond acceptors (Lipinski definition) is 4. The molecule has 0 saturated heterocycles. The topological polar surface area (TPSA) is 105 Å². The minimum Gasteiger partial charge on any atom is -0.481 e. The lowest BCUT2D eigenvalue weighted by molar-refractivity contribution is -0.146. The zero-order valence-corrected chi connectivity index (χ0v) is 14.6. The molecule has 0 aliphatic heterocycles. The van der Waals surface area contributed by atoms with E-state index in [0.717, 1.165) is 0 Å². The van der Waals surface area contributed by atoms with Gasteiger partial charge in [0.1, 0.15) is 6.26 Å². The molecule has 138 valence electrons. The van der Waals surface area contributed by atoms with Crippen LogP contribution in [0.3, 0.4) is 0 Å². The smallest absolute Gasteiger partial charge is 0.335 e. The van der Waals surface area contributed by atoms with Crippen LogP contribution in [0.15, 0.2) is 59.0 Å². The number of ketones is 1. The number of hydrogen-bond donors (Lipinski definition) is 2. The molecule has 0 amide bonds. The first-order valence-corrected chi connectivity index (χ1v) is 8.31. The quantitative estimate of drug-likeness (QED) is 0.774. The molecule has 0 spiro atoms. The fraction of sp³-hybridized carbons (Fsp3) is 0.350. The van der Waals surface area contributed by atoms with E-state index in [1.165, 1.54) is 18.6 Å². The van der Waals surface area contributed by atoms with Gasteiger partial charge >= 0.3 is 11.9 Å². The lowest BCUT2D eigenvalue weighted by Gasteiger charge is -2.34. The molecule has 2 N–H and O–H groups in total. The average Bonchev–Trinajstić information content (AvgIpc) is 3.08. The summed E-state index contributed by atoms with van der Waals surface area (Å²) in [7, 11) is 0. The summed E-state index contributed by atoms with van der Waals surface area (Å²) in [6.45, 7) is 5.56. The average molecular weight is 358 g/mol. The van der Waals surface area contributed by atoms with Crippen molar-refractivity contribution < 1.29 is 29.0 Å². The summed E-state index contributed by atoms with van der Waals surface area (Å²) >= 11 is 0. The largest absolute Gasteiger partial charge is 0.481 e. The van der Waals surface area contributed by atoms with Crippen molar-refractivity contribution in [2.75, 3.05) is 0 Å². The summed E-state index contributed by atoms with van der Waals surface area (Å²) in [6, 6.07) is 1.56. The highest BCUT2D eigenvalue weighted by Crippen LogP contribution is 2.41. The molecule has 1 aliphatic rings. The Morgan fingerprint density at radius 3 is 2.65 bits per heavy atom. The summed E-state index contributed by atoms with van der Waals surface area (Å²) < 4.78 is 4.94. The maximum Gasteiger partial charge on any atom is 0.335 e. The minimum atomic E-state index is -1.09. The predicted octanol–water partition coefficient (Wildman–Crippen LogP) is 3.87. The number of aliphatic carboxylic acids is 2. The van der Waals surface area contributed by atoms with E-state index in [9.17, 15) is 24.6 Å². The Labute approximate surface area is 151 Å². The Hall–Kier alpha value is -2.89. The van der Waals surface area contributed by atoms with Gasteiger partial charge < -0.3 is 14.6 Å². The van der Waals surface area contributed by atoms with Crippen LogP contribution in [0.2, 0.25) is 0 Å². The number of furan rings is 1. The van der Waals surface area contributed by atoms with Gasteiger partial charge in [-0.1, -0.05) is 25.7 Å². The highest BCUT2D eigenvalue weighted by molar-refractivity contribution is 5.96. The normalized spacial score (nSPS) is 25.2. The van der Waals surface area contributed by atoms with Gasteiger partial charge in [-0.05, 0) is 42.4 Å². The fourth-order valence-electron chi connectivity index (χ4n) is 3.29. The third-order valence-electron chi connectivity index (χ3n) is 4.88. The lowest BCUT2D eigenvalue weighted by atomic mass is 9.68. The van der Waals surface area contributed by atoms with Crippen molar-refractivity contribution in [3.63, 3.8) is 0 Å². The number of carboxylic acid groups (broad SMARTS) is 2. The Morgan fingerprint density at radius 2 is 2.08 bits per heavy atom. The zero-order valence-electron chi connectivity index (χ0n) is 14.6. The van der Waals surface area contributed by atoms with Crippen LogP contribution in [0, 0.1) is 11.3 Å². The van der Waals surface area contributed by atoms with Gasteiger partial charge in [-0.15, -0.1) is 0 Å². The van der Waals surface area contributed by atoms with E-state index >= 15 is 0 Å². The van der Waals surface area contributed by atoms with Gasteiger partial charge in [0, 0.05) is 6.42 Å². The Bertz CT molecular complexity index is 768. The van der Waals surface area contributed by atoms with E-state index in [1.807, 2.05) is 0 Å². The maximum absolute atomic E-state index is 12.5. The standard InChI is InChI=1S/C20H22O6/c1-13-6-7-16(19(24)25)20(2,9-4-3-5-15(13)18(22)23)11-17(21)14-8-10-26-12-14/h3-5,8,10,12,16H,1,6-7,9,11H2,2H3,(H,22,23)(H,24,25)/b4-3-,15-5?/t16-,20-/m0/s1. The summed E-state index contributed by atoms with van der Waals surface area (Å²) in [5, 5.41) is 19.0. The van der Waals surface area contributed by atoms with Crippen LogP contribution in [0.25, 0.3) is 0 Å². The van der Waals surface area contributed by atoms with Crippen molar-refractivity contribution >= 4 is 17.7 Å². The van der Waals surface area contributed by atoms with Gasteiger partial charge in [-0.25, -0.2) is 4.79 Å². The number of Topliss-reactive ketones (excluding diaryl/α,β-unsaturated/α-hetero) is 1. The van der Waals surface area contributed by atoms with E-state index in [-0.39, 0.29) is 30.6 Å². The highest BCUT2D eigenvalue weighted by Gasteiger charge is 2.40. The van der Waals surface area contributed by atoms with Crippen molar-refractivity contribution in [1.29, 1.82) is 0 Å². The van der Waals surface area contributed by atoms with Crippen molar-refractivity contribution in [1.82, 2.24) is 0 Å². The molecule has 0 saturated carbocycles. The molecule has 0 aromatic carbocycles. The molecule has 0 bridgehead atoms. The van der Waals surface area contributed by atoms with Gasteiger partial charge in [0.25, 0.3) is 0 Å². The van der Waals surface area contributed by atoms with E-state index in [0.29, 0.717) is 17.6 Å². The summed E-state index contributed by atoms with van der Waals surface area (Å²) in [5.41, 5.74) is 0.0436. The van der Waals surface area contributed by atoms with E-state index in [4.69, 9.17) is 4.42 Å². The monoisotopic (exact) mass is 358 g/mol. The molecule has 1 aromatic heterocycles. The van der Waals surface area contributed by atoms with Crippen LogP contribution in [0.5, 0.6) is 0 Å². The molecule has 26 heavy (non-hydrogen) atoms. The second-order valence-electron chi connectivity index (χ2n) is 6.82.